The zero-order valence-electron chi connectivity index (χ0n) is 17.9. The smallest absolute Gasteiger partial charge is 0.251 e. The molecule has 0 saturated carbocycles. The van der Waals surface area contributed by atoms with Crippen molar-refractivity contribution in [3.63, 3.8) is 0 Å². The van der Waals surface area contributed by atoms with Gasteiger partial charge in [-0.05, 0) is 61.2 Å². The summed E-state index contributed by atoms with van der Waals surface area (Å²) in [6.45, 7) is 4.66. The maximum atomic E-state index is 13.0. The third-order valence-corrected chi connectivity index (χ3v) is 6.59. The van der Waals surface area contributed by atoms with Crippen molar-refractivity contribution >= 4 is 46.0 Å². The molecule has 1 aliphatic heterocycles. The average Bonchev–Trinajstić information content (AvgIpc) is 3.20. The van der Waals surface area contributed by atoms with Crippen molar-refractivity contribution in [3.8, 4) is 0 Å². The fourth-order valence-corrected chi connectivity index (χ4v) is 4.76. The van der Waals surface area contributed by atoms with Crippen molar-refractivity contribution in [1.82, 2.24) is 10.2 Å². The Morgan fingerprint density at radius 1 is 1.13 bits per heavy atom. The molecule has 1 aliphatic rings. The van der Waals surface area contributed by atoms with Crippen LogP contribution in [0.1, 0.15) is 49.0 Å². The van der Waals surface area contributed by atoms with Gasteiger partial charge in [0.25, 0.3) is 5.91 Å². The highest BCUT2D eigenvalue weighted by Crippen LogP contribution is 2.29. The Morgan fingerprint density at radius 3 is 2.48 bits per heavy atom. The first-order chi connectivity index (χ1) is 15.0. The number of nitrogens with zero attached hydrogens (tertiary/aromatic N) is 2. The largest absolute Gasteiger partial charge is 0.352 e. The summed E-state index contributed by atoms with van der Waals surface area (Å²) in [5.41, 5.74) is 2.69. The number of amides is 2. The lowest BCUT2D eigenvalue weighted by molar-refractivity contribution is -0.128. The Balaban J connectivity index is 1.56. The van der Waals surface area contributed by atoms with Gasteiger partial charge in [-0.15, -0.1) is 0 Å². The lowest BCUT2D eigenvalue weighted by atomic mass is 10.1. The number of carbonyl (C=O) groups excluding carboxylic acids is 2. The first-order valence-electron chi connectivity index (χ1n) is 10.7. The van der Waals surface area contributed by atoms with E-state index in [0.29, 0.717) is 30.0 Å². The molecule has 0 spiro atoms. The number of hydrogen-bond acceptors (Lipinski definition) is 4. The molecule has 1 fully saturated rings. The molecule has 0 aliphatic carbocycles. The van der Waals surface area contributed by atoms with Gasteiger partial charge in [0.15, 0.2) is 5.17 Å². The predicted molar refractivity (Wildman–Crippen MR) is 129 cm³/mol. The minimum atomic E-state index is -0.162. The molecule has 164 valence electrons. The standard InChI is InChI=1S/C24H28ClN3O2S/c1-3-17-7-13-20(14-8-17)27-24-28(21(4-2)16-31-24)22(29)6-5-15-26-23(30)18-9-11-19(25)12-10-18/h7-14,21H,3-6,15-16H2,1-2H3,(H,26,30). The van der Waals surface area contributed by atoms with Gasteiger partial charge in [0.1, 0.15) is 0 Å². The monoisotopic (exact) mass is 457 g/mol. The quantitative estimate of drug-likeness (QED) is 0.536. The van der Waals surface area contributed by atoms with E-state index in [9.17, 15) is 9.59 Å². The molecular weight excluding hydrogens is 430 g/mol. The number of benzene rings is 2. The van der Waals surface area contributed by atoms with E-state index in [1.54, 1.807) is 36.0 Å². The molecule has 3 rings (SSSR count). The first kappa shape index (κ1) is 23.4. The number of hydrogen-bond donors (Lipinski definition) is 1. The molecule has 1 heterocycles. The second-order valence-electron chi connectivity index (χ2n) is 7.42. The highest BCUT2D eigenvalue weighted by molar-refractivity contribution is 8.14. The number of amidine groups is 1. The highest BCUT2D eigenvalue weighted by Gasteiger charge is 2.33. The maximum absolute atomic E-state index is 13.0. The molecule has 0 radical (unpaired) electrons. The minimum Gasteiger partial charge on any atom is -0.352 e. The SMILES string of the molecule is CCc1ccc(N=C2SCC(CC)N2C(=O)CCCNC(=O)c2ccc(Cl)cc2)cc1. The summed E-state index contributed by atoms with van der Waals surface area (Å²) in [5, 5.41) is 4.23. The van der Waals surface area contributed by atoms with Crippen LogP contribution in [-0.4, -0.2) is 40.2 Å². The van der Waals surface area contributed by atoms with Crippen LogP contribution in [0.25, 0.3) is 0 Å². The van der Waals surface area contributed by atoms with Crippen LogP contribution in [0.2, 0.25) is 5.02 Å². The van der Waals surface area contributed by atoms with Crippen molar-refractivity contribution in [2.75, 3.05) is 12.3 Å². The number of aliphatic imine (C=N–C) groups is 1. The van der Waals surface area contributed by atoms with E-state index in [4.69, 9.17) is 16.6 Å². The zero-order valence-corrected chi connectivity index (χ0v) is 19.5. The Bertz CT molecular complexity index is 929. The van der Waals surface area contributed by atoms with Gasteiger partial charge < -0.3 is 5.32 Å². The van der Waals surface area contributed by atoms with Crippen LogP contribution in [0.15, 0.2) is 53.5 Å². The molecule has 1 saturated heterocycles. The summed E-state index contributed by atoms with van der Waals surface area (Å²) < 4.78 is 0. The molecule has 1 N–H and O–H groups in total. The van der Waals surface area contributed by atoms with Gasteiger partial charge in [0, 0.05) is 35.3 Å². The highest BCUT2D eigenvalue weighted by atomic mass is 35.5. The topological polar surface area (TPSA) is 61.8 Å². The number of nitrogens with one attached hydrogen (secondary N) is 1. The Morgan fingerprint density at radius 2 is 1.84 bits per heavy atom. The van der Waals surface area contributed by atoms with E-state index < -0.39 is 0 Å². The first-order valence-corrected chi connectivity index (χ1v) is 12.0. The van der Waals surface area contributed by atoms with Crippen LogP contribution in [0.3, 0.4) is 0 Å². The van der Waals surface area contributed by atoms with Gasteiger partial charge in [0.2, 0.25) is 5.91 Å². The van der Waals surface area contributed by atoms with Gasteiger partial charge in [-0.3, -0.25) is 14.5 Å². The van der Waals surface area contributed by atoms with Crippen molar-refractivity contribution in [3.05, 3.63) is 64.7 Å². The summed E-state index contributed by atoms with van der Waals surface area (Å²) in [7, 11) is 0. The van der Waals surface area contributed by atoms with E-state index in [1.807, 2.05) is 17.0 Å². The van der Waals surface area contributed by atoms with E-state index in [0.717, 1.165) is 29.4 Å². The average molecular weight is 458 g/mol. The van der Waals surface area contributed by atoms with Gasteiger partial charge in [-0.25, -0.2) is 4.99 Å². The van der Waals surface area contributed by atoms with E-state index in [2.05, 4.69) is 31.3 Å². The van der Waals surface area contributed by atoms with E-state index in [-0.39, 0.29) is 17.9 Å². The molecule has 7 heteroatoms. The van der Waals surface area contributed by atoms with Crippen LogP contribution >= 0.6 is 23.4 Å². The molecular formula is C24H28ClN3O2S. The minimum absolute atomic E-state index is 0.0570. The number of thioether (sulfide) groups is 1. The van der Waals surface area contributed by atoms with Gasteiger partial charge in [-0.1, -0.05) is 49.3 Å². The molecule has 5 nitrogen and oxygen atoms in total. The summed E-state index contributed by atoms with van der Waals surface area (Å²) in [6, 6.07) is 15.1. The third-order valence-electron chi connectivity index (χ3n) is 5.24. The second kappa shape index (κ2) is 11.3. The van der Waals surface area contributed by atoms with Crippen LogP contribution in [0.4, 0.5) is 5.69 Å². The maximum Gasteiger partial charge on any atom is 0.251 e. The predicted octanol–water partition coefficient (Wildman–Crippen LogP) is 5.45. The number of halogens is 1. The fourth-order valence-electron chi connectivity index (χ4n) is 3.35. The summed E-state index contributed by atoms with van der Waals surface area (Å²) >= 11 is 7.49. The second-order valence-corrected chi connectivity index (χ2v) is 8.84. The fraction of sp³-hybridized carbons (Fsp3) is 0.375. The molecule has 1 atom stereocenters. The molecule has 2 aromatic rings. The summed E-state index contributed by atoms with van der Waals surface area (Å²) in [4.78, 5) is 31.7. The molecule has 2 aromatic carbocycles. The molecule has 0 aromatic heterocycles. The van der Waals surface area contributed by atoms with Gasteiger partial charge in [0.05, 0.1) is 5.69 Å². The van der Waals surface area contributed by atoms with Crippen LogP contribution in [0, 0.1) is 0 Å². The van der Waals surface area contributed by atoms with E-state index in [1.165, 1.54) is 5.56 Å². The lowest BCUT2D eigenvalue weighted by Crippen LogP contribution is -2.39. The van der Waals surface area contributed by atoms with E-state index >= 15 is 0 Å². The van der Waals surface area contributed by atoms with Gasteiger partial charge in [-0.2, -0.15) is 0 Å². The van der Waals surface area contributed by atoms with Crippen molar-refractivity contribution in [1.29, 1.82) is 0 Å². The lowest BCUT2D eigenvalue weighted by Gasteiger charge is -2.23. The summed E-state index contributed by atoms with van der Waals surface area (Å²) in [5.74, 6) is 0.757. The molecule has 31 heavy (non-hydrogen) atoms. The molecule has 2 amide bonds. The Kier molecular flexibility index (Phi) is 8.55. The van der Waals surface area contributed by atoms with Crippen molar-refractivity contribution in [2.45, 2.75) is 45.6 Å². The third kappa shape index (κ3) is 6.34. The van der Waals surface area contributed by atoms with Crippen LogP contribution in [-0.2, 0) is 11.2 Å². The number of aryl methyl sites for hydroxylation is 1. The van der Waals surface area contributed by atoms with Crippen molar-refractivity contribution < 1.29 is 9.59 Å². The number of carbonyl (C=O) groups is 2. The van der Waals surface area contributed by atoms with Gasteiger partial charge >= 0.3 is 0 Å². The normalized spacial score (nSPS) is 17.2. The summed E-state index contributed by atoms with van der Waals surface area (Å²) in [6.07, 6.45) is 2.82. The molecule has 1 unspecified atom stereocenters. The molecule has 0 bridgehead atoms. The van der Waals surface area contributed by atoms with Crippen LogP contribution in [0.5, 0.6) is 0 Å². The Hall–Kier alpha value is -2.31. The number of rotatable bonds is 8. The zero-order chi connectivity index (χ0) is 22.2. The Labute approximate surface area is 193 Å². The van der Waals surface area contributed by atoms with Crippen LogP contribution < -0.4 is 5.32 Å². The van der Waals surface area contributed by atoms with Crippen molar-refractivity contribution in [2.24, 2.45) is 4.99 Å².